The molecule has 0 aliphatic heterocycles. The molecule has 7 heteroatoms. The van der Waals surface area contributed by atoms with E-state index in [1.54, 1.807) is 6.07 Å². The molecule has 0 amide bonds. The number of nitrogens with one attached hydrogen (secondary N) is 1. The maximum absolute atomic E-state index is 11.5. The molecule has 3 aromatic rings. The van der Waals surface area contributed by atoms with Crippen LogP contribution in [0.1, 0.15) is 5.56 Å². The lowest BCUT2D eigenvalue weighted by atomic mass is 10.2. The third-order valence-electron chi connectivity index (χ3n) is 3.05. The number of nitrogens with zero attached hydrogens (tertiary/aromatic N) is 4. The lowest BCUT2D eigenvalue weighted by Gasteiger charge is -2.17. The Morgan fingerprint density at radius 3 is 2.75 bits per heavy atom. The molecule has 0 saturated heterocycles. The van der Waals surface area contributed by atoms with Crippen LogP contribution in [0.2, 0.25) is 0 Å². The minimum atomic E-state index is -0.345. The van der Waals surface area contributed by atoms with E-state index < -0.39 is 0 Å². The first-order valence-electron chi connectivity index (χ1n) is 6.13. The van der Waals surface area contributed by atoms with Crippen LogP contribution in [0.5, 0.6) is 0 Å². The first-order valence-corrected chi connectivity index (χ1v) is 6.13. The molecular formula is C13H14N6O. The molecule has 20 heavy (non-hydrogen) atoms. The van der Waals surface area contributed by atoms with Crippen LogP contribution in [-0.2, 0) is 6.54 Å². The molecule has 2 heterocycles. The summed E-state index contributed by atoms with van der Waals surface area (Å²) in [7, 11) is 1.91. The molecule has 3 N–H and O–H groups in total. The number of nitrogens with two attached hydrogens (primary N) is 1. The van der Waals surface area contributed by atoms with Crippen molar-refractivity contribution in [2.75, 3.05) is 17.7 Å². The minimum absolute atomic E-state index is 0.345. The van der Waals surface area contributed by atoms with Crippen molar-refractivity contribution >= 4 is 17.2 Å². The van der Waals surface area contributed by atoms with E-state index in [1.165, 1.54) is 4.52 Å². The van der Waals surface area contributed by atoms with Gasteiger partial charge in [-0.3, -0.25) is 0 Å². The molecule has 0 radical (unpaired) electrons. The molecular weight excluding hydrogens is 256 g/mol. The standard InChI is InChI=1S/C13H14N6O/c1-18(8-9-2-4-10(14)5-3-9)12-7-6-11-15-16-13(20)19(11)17-12/h2-7H,8,14H2,1H3,(H,16,20). The number of rotatable bonds is 3. The monoisotopic (exact) mass is 270 g/mol. The first-order chi connectivity index (χ1) is 9.63. The summed E-state index contributed by atoms with van der Waals surface area (Å²) in [6.45, 7) is 0.672. The summed E-state index contributed by atoms with van der Waals surface area (Å²) in [6, 6.07) is 11.2. The van der Waals surface area contributed by atoms with Gasteiger partial charge in [-0.2, -0.15) is 9.61 Å². The fraction of sp³-hybridized carbons (Fsp3) is 0.154. The quantitative estimate of drug-likeness (QED) is 0.681. The number of hydrogen-bond acceptors (Lipinski definition) is 5. The normalized spacial score (nSPS) is 10.8. The van der Waals surface area contributed by atoms with Gasteiger partial charge < -0.3 is 10.6 Å². The van der Waals surface area contributed by atoms with E-state index in [-0.39, 0.29) is 5.69 Å². The highest BCUT2D eigenvalue weighted by Gasteiger charge is 2.07. The second kappa shape index (κ2) is 4.69. The number of anilines is 2. The number of aromatic nitrogens is 4. The minimum Gasteiger partial charge on any atom is -0.399 e. The highest BCUT2D eigenvalue weighted by atomic mass is 16.2. The van der Waals surface area contributed by atoms with E-state index in [1.807, 2.05) is 42.3 Å². The molecule has 0 bridgehead atoms. The van der Waals surface area contributed by atoms with Crippen molar-refractivity contribution in [2.24, 2.45) is 0 Å². The van der Waals surface area contributed by atoms with Gasteiger partial charge in [-0.05, 0) is 29.8 Å². The van der Waals surface area contributed by atoms with E-state index in [9.17, 15) is 4.79 Å². The van der Waals surface area contributed by atoms with Crippen LogP contribution < -0.4 is 16.3 Å². The maximum Gasteiger partial charge on any atom is 0.364 e. The highest BCUT2D eigenvalue weighted by molar-refractivity contribution is 5.46. The fourth-order valence-corrected chi connectivity index (χ4v) is 1.97. The van der Waals surface area contributed by atoms with Crippen LogP contribution in [0, 0.1) is 0 Å². The molecule has 7 nitrogen and oxygen atoms in total. The number of hydrogen-bond donors (Lipinski definition) is 2. The zero-order chi connectivity index (χ0) is 14.1. The van der Waals surface area contributed by atoms with Crippen LogP contribution in [-0.4, -0.2) is 26.9 Å². The van der Waals surface area contributed by atoms with Gasteiger partial charge in [-0.25, -0.2) is 9.89 Å². The zero-order valence-corrected chi connectivity index (χ0v) is 10.9. The molecule has 0 spiro atoms. The molecule has 0 unspecified atom stereocenters. The fourth-order valence-electron chi connectivity index (χ4n) is 1.97. The van der Waals surface area contributed by atoms with Crippen LogP contribution in [0.3, 0.4) is 0 Å². The Hall–Kier alpha value is -2.83. The molecule has 0 atom stereocenters. The number of aromatic amines is 1. The number of benzene rings is 1. The topological polar surface area (TPSA) is 92.3 Å². The van der Waals surface area contributed by atoms with E-state index in [4.69, 9.17) is 5.73 Å². The van der Waals surface area contributed by atoms with Crippen molar-refractivity contribution < 1.29 is 0 Å². The molecule has 0 aliphatic rings. The predicted octanol–water partition coefficient (Wildman–Crippen LogP) is 0.636. The van der Waals surface area contributed by atoms with Gasteiger partial charge in [0.2, 0.25) is 0 Å². The molecule has 1 aromatic carbocycles. The second-order valence-corrected chi connectivity index (χ2v) is 4.59. The Morgan fingerprint density at radius 1 is 1.25 bits per heavy atom. The van der Waals surface area contributed by atoms with Crippen molar-refractivity contribution in [3.05, 3.63) is 52.4 Å². The van der Waals surface area contributed by atoms with E-state index in [2.05, 4.69) is 15.3 Å². The Kier molecular flexibility index (Phi) is 2.86. The average molecular weight is 270 g/mol. The summed E-state index contributed by atoms with van der Waals surface area (Å²) in [5.41, 5.74) is 7.67. The van der Waals surface area contributed by atoms with Crippen LogP contribution in [0.15, 0.2) is 41.2 Å². The average Bonchev–Trinajstić information content (AvgIpc) is 2.82. The lowest BCUT2D eigenvalue weighted by Crippen LogP contribution is -2.21. The smallest absolute Gasteiger partial charge is 0.364 e. The number of fused-ring (bicyclic) bond motifs is 1. The molecule has 2 aromatic heterocycles. The van der Waals surface area contributed by atoms with E-state index in [0.717, 1.165) is 11.3 Å². The Labute approximate surface area is 114 Å². The number of nitrogen functional groups attached to an aromatic ring is 1. The van der Waals surface area contributed by atoms with Gasteiger partial charge in [0, 0.05) is 19.3 Å². The molecule has 0 fully saturated rings. The van der Waals surface area contributed by atoms with Crippen molar-refractivity contribution in [1.82, 2.24) is 19.8 Å². The Bertz CT molecular complexity index is 788. The van der Waals surface area contributed by atoms with E-state index in [0.29, 0.717) is 18.0 Å². The summed E-state index contributed by atoms with van der Waals surface area (Å²) >= 11 is 0. The highest BCUT2D eigenvalue weighted by Crippen LogP contribution is 2.13. The second-order valence-electron chi connectivity index (χ2n) is 4.59. The van der Waals surface area contributed by atoms with E-state index >= 15 is 0 Å². The van der Waals surface area contributed by atoms with Gasteiger partial charge >= 0.3 is 5.69 Å². The summed E-state index contributed by atoms with van der Waals surface area (Å²) in [4.78, 5) is 13.4. The van der Waals surface area contributed by atoms with Crippen molar-refractivity contribution in [2.45, 2.75) is 6.54 Å². The Balaban J connectivity index is 1.88. The third-order valence-corrected chi connectivity index (χ3v) is 3.05. The van der Waals surface area contributed by atoms with Gasteiger partial charge in [0.1, 0.15) is 5.82 Å². The Morgan fingerprint density at radius 2 is 2.00 bits per heavy atom. The largest absolute Gasteiger partial charge is 0.399 e. The number of H-pyrrole nitrogens is 1. The molecule has 0 aliphatic carbocycles. The zero-order valence-electron chi connectivity index (χ0n) is 10.9. The lowest BCUT2D eigenvalue weighted by molar-refractivity contribution is 0.820. The predicted molar refractivity (Wildman–Crippen MR) is 76.6 cm³/mol. The third kappa shape index (κ3) is 2.20. The summed E-state index contributed by atoms with van der Waals surface area (Å²) in [6.07, 6.45) is 0. The van der Waals surface area contributed by atoms with Gasteiger partial charge in [-0.1, -0.05) is 12.1 Å². The van der Waals surface area contributed by atoms with Crippen LogP contribution in [0.25, 0.3) is 5.65 Å². The SMILES string of the molecule is CN(Cc1ccc(N)cc1)c1ccc2n[nH]c(=O)n2n1. The van der Waals surface area contributed by atoms with Crippen molar-refractivity contribution in [3.8, 4) is 0 Å². The summed E-state index contributed by atoms with van der Waals surface area (Å²) in [5, 5.41) is 10.5. The van der Waals surface area contributed by atoms with Gasteiger partial charge in [0.15, 0.2) is 5.65 Å². The van der Waals surface area contributed by atoms with Crippen LogP contribution in [0.4, 0.5) is 11.5 Å². The van der Waals surface area contributed by atoms with Crippen molar-refractivity contribution in [1.29, 1.82) is 0 Å². The van der Waals surface area contributed by atoms with Gasteiger partial charge in [0.05, 0.1) is 0 Å². The van der Waals surface area contributed by atoms with Crippen molar-refractivity contribution in [3.63, 3.8) is 0 Å². The first kappa shape index (κ1) is 12.2. The van der Waals surface area contributed by atoms with Crippen LogP contribution >= 0.6 is 0 Å². The molecule has 102 valence electrons. The summed E-state index contributed by atoms with van der Waals surface area (Å²) in [5.74, 6) is 0.692. The van der Waals surface area contributed by atoms with Gasteiger partial charge in [0.25, 0.3) is 0 Å². The molecule has 0 saturated carbocycles. The molecule has 3 rings (SSSR count). The van der Waals surface area contributed by atoms with Gasteiger partial charge in [-0.15, -0.1) is 5.10 Å². The summed E-state index contributed by atoms with van der Waals surface area (Å²) < 4.78 is 1.24. The maximum atomic E-state index is 11.5.